The number of benzene rings is 1. The lowest BCUT2D eigenvalue weighted by molar-refractivity contribution is -0.142. The van der Waals surface area contributed by atoms with Crippen molar-refractivity contribution in [3.63, 3.8) is 0 Å². The Balaban J connectivity index is 2.29. The third-order valence-corrected chi connectivity index (χ3v) is 3.26. The van der Waals surface area contributed by atoms with E-state index in [9.17, 15) is 4.79 Å². The van der Waals surface area contributed by atoms with Crippen molar-refractivity contribution in [2.75, 3.05) is 12.3 Å². The van der Waals surface area contributed by atoms with Crippen molar-refractivity contribution < 1.29 is 9.53 Å². The summed E-state index contributed by atoms with van der Waals surface area (Å²) in [6, 6.07) is 9.69. The van der Waals surface area contributed by atoms with Crippen molar-refractivity contribution >= 4 is 22.4 Å². The SMILES string of the molecule is CCOC(=O)Cc1sc(N)nc1-c1ccccc1. The Hall–Kier alpha value is -1.88. The average Bonchev–Trinajstić information content (AvgIpc) is 2.71. The van der Waals surface area contributed by atoms with Crippen molar-refractivity contribution in [2.45, 2.75) is 13.3 Å². The van der Waals surface area contributed by atoms with Crippen LogP contribution >= 0.6 is 11.3 Å². The molecule has 4 nitrogen and oxygen atoms in total. The number of esters is 1. The summed E-state index contributed by atoms with van der Waals surface area (Å²) in [6.45, 7) is 2.17. The van der Waals surface area contributed by atoms with Crippen LogP contribution in [0.15, 0.2) is 30.3 Å². The van der Waals surface area contributed by atoms with Crippen LogP contribution in [0.3, 0.4) is 0 Å². The lowest BCUT2D eigenvalue weighted by Gasteiger charge is -2.02. The Bertz CT molecular complexity index is 537. The highest BCUT2D eigenvalue weighted by Crippen LogP contribution is 2.30. The van der Waals surface area contributed by atoms with Crippen LogP contribution in [0.1, 0.15) is 11.8 Å². The minimum atomic E-state index is -0.252. The van der Waals surface area contributed by atoms with E-state index in [0.717, 1.165) is 16.1 Å². The van der Waals surface area contributed by atoms with Gasteiger partial charge in [0.25, 0.3) is 0 Å². The summed E-state index contributed by atoms with van der Waals surface area (Å²) in [6.07, 6.45) is 0.215. The zero-order chi connectivity index (χ0) is 13.0. The fourth-order valence-electron chi connectivity index (χ4n) is 1.65. The molecule has 0 atom stereocenters. The first-order chi connectivity index (χ1) is 8.70. The Morgan fingerprint density at radius 2 is 2.11 bits per heavy atom. The van der Waals surface area contributed by atoms with Crippen LogP contribution in [0.2, 0.25) is 0 Å². The number of rotatable bonds is 4. The van der Waals surface area contributed by atoms with Gasteiger partial charge in [0.1, 0.15) is 0 Å². The second-order valence-electron chi connectivity index (χ2n) is 3.67. The van der Waals surface area contributed by atoms with Crippen molar-refractivity contribution in [1.82, 2.24) is 4.98 Å². The molecule has 18 heavy (non-hydrogen) atoms. The van der Waals surface area contributed by atoms with Crippen LogP contribution in [-0.4, -0.2) is 17.6 Å². The number of hydrogen-bond acceptors (Lipinski definition) is 5. The molecule has 0 saturated heterocycles. The second kappa shape index (κ2) is 5.64. The molecule has 0 aliphatic heterocycles. The predicted octanol–water partition coefficient (Wildman–Crippen LogP) is 2.50. The highest BCUT2D eigenvalue weighted by atomic mass is 32.1. The molecule has 0 amide bonds. The fraction of sp³-hybridized carbons (Fsp3) is 0.231. The van der Waals surface area contributed by atoms with Crippen molar-refractivity contribution in [3.05, 3.63) is 35.2 Å². The molecule has 2 rings (SSSR count). The lowest BCUT2D eigenvalue weighted by atomic mass is 10.1. The Morgan fingerprint density at radius 3 is 2.78 bits per heavy atom. The number of hydrogen-bond donors (Lipinski definition) is 1. The van der Waals surface area contributed by atoms with E-state index >= 15 is 0 Å². The van der Waals surface area contributed by atoms with Gasteiger partial charge in [0, 0.05) is 10.4 Å². The highest BCUT2D eigenvalue weighted by molar-refractivity contribution is 7.15. The monoisotopic (exact) mass is 262 g/mol. The molecule has 0 bridgehead atoms. The third kappa shape index (κ3) is 2.87. The van der Waals surface area contributed by atoms with Crippen molar-refractivity contribution in [2.24, 2.45) is 0 Å². The minimum Gasteiger partial charge on any atom is -0.466 e. The van der Waals surface area contributed by atoms with Gasteiger partial charge in [-0.2, -0.15) is 0 Å². The van der Waals surface area contributed by atoms with Gasteiger partial charge in [0.15, 0.2) is 5.13 Å². The fourth-order valence-corrected chi connectivity index (χ4v) is 2.49. The molecular weight excluding hydrogens is 248 g/mol. The summed E-state index contributed by atoms with van der Waals surface area (Å²) < 4.78 is 4.95. The molecule has 0 radical (unpaired) electrons. The maximum Gasteiger partial charge on any atom is 0.311 e. The molecule has 0 fully saturated rings. The quantitative estimate of drug-likeness (QED) is 0.860. The Kier molecular flexibility index (Phi) is 3.94. The van der Waals surface area contributed by atoms with Crippen LogP contribution in [0, 0.1) is 0 Å². The standard InChI is InChI=1S/C13H14N2O2S/c1-2-17-11(16)8-10-12(15-13(14)18-10)9-6-4-3-5-7-9/h3-7H,2,8H2,1H3,(H2,14,15). The van der Waals surface area contributed by atoms with Crippen LogP contribution in [-0.2, 0) is 16.0 Å². The van der Waals surface area contributed by atoms with E-state index in [0.29, 0.717) is 11.7 Å². The number of nitrogens with zero attached hydrogens (tertiary/aromatic N) is 1. The van der Waals surface area contributed by atoms with E-state index in [4.69, 9.17) is 10.5 Å². The van der Waals surface area contributed by atoms with Crippen LogP contribution < -0.4 is 5.73 Å². The second-order valence-corrected chi connectivity index (χ2v) is 4.79. The topological polar surface area (TPSA) is 65.2 Å². The van der Waals surface area contributed by atoms with Crippen LogP contribution in [0.25, 0.3) is 11.3 Å². The van der Waals surface area contributed by atoms with Crippen molar-refractivity contribution in [3.8, 4) is 11.3 Å². The molecule has 2 aromatic rings. The molecule has 1 aromatic carbocycles. The highest BCUT2D eigenvalue weighted by Gasteiger charge is 2.15. The van der Waals surface area contributed by atoms with Gasteiger partial charge >= 0.3 is 5.97 Å². The van der Waals surface area contributed by atoms with Gasteiger partial charge in [-0.1, -0.05) is 30.3 Å². The number of nitrogens with two attached hydrogens (primary N) is 1. The number of carbonyl (C=O) groups is 1. The molecule has 94 valence electrons. The van der Waals surface area contributed by atoms with Gasteiger partial charge in [-0.25, -0.2) is 4.98 Å². The zero-order valence-corrected chi connectivity index (χ0v) is 10.9. The summed E-state index contributed by atoms with van der Waals surface area (Å²) in [4.78, 5) is 16.6. The molecule has 0 aliphatic carbocycles. The number of anilines is 1. The summed E-state index contributed by atoms with van der Waals surface area (Å²) in [7, 11) is 0. The molecule has 1 heterocycles. The van der Waals surface area contributed by atoms with Gasteiger partial charge < -0.3 is 10.5 Å². The zero-order valence-electron chi connectivity index (χ0n) is 10.1. The molecule has 0 unspecified atom stereocenters. The number of thiazole rings is 1. The average molecular weight is 262 g/mol. The summed E-state index contributed by atoms with van der Waals surface area (Å²) in [5, 5.41) is 0.466. The van der Waals surface area contributed by atoms with E-state index in [1.807, 2.05) is 30.3 Å². The largest absolute Gasteiger partial charge is 0.466 e. The third-order valence-electron chi connectivity index (χ3n) is 2.37. The maximum absolute atomic E-state index is 11.5. The number of ether oxygens (including phenoxy) is 1. The van der Waals surface area contributed by atoms with E-state index in [1.165, 1.54) is 11.3 Å². The molecule has 0 aliphatic rings. The normalized spacial score (nSPS) is 10.3. The van der Waals surface area contributed by atoms with Crippen LogP contribution in [0.4, 0.5) is 5.13 Å². The van der Waals surface area contributed by atoms with E-state index in [-0.39, 0.29) is 12.4 Å². The van der Waals surface area contributed by atoms with E-state index in [2.05, 4.69) is 4.98 Å². The van der Waals surface area contributed by atoms with E-state index in [1.54, 1.807) is 6.92 Å². The molecule has 1 aromatic heterocycles. The summed E-state index contributed by atoms with van der Waals surface area (Å²) >= 11 is 1.33. The predicted molar refractivity (Wildman–Crippen MR) is 72.3 cm³/mol. The first kappa shape index (κ1) is 12.6. The molecular formula is C13H14N2O2S. The van der Waals surface area contributed by atoms with E-state index < -0.39 is 0 Å². The lowest BCUT2D eigenvalue weighted by Crippen LogP contribution is -2.07. The number of carbonyl (C=O) groups excluding carboxylic acids is 1. The van der Waals surface area contributed by atoms with Gasteiger partial charge in [-0.3, -0.25) is 4.79 Å². The molecule has 5 heteroatoms. The Labute approximate surface area is 109 Å². The van der Waals surface area contributed by atoms with Gasteiger partial charge in [0.2, 0.25) is 0 Å². The molecule has 2 N–H and O–H groups in total. The first-order valence-electron chi connectivity index (χ1n) is 5.67. The first-order valence-corrected chi connectivity index (χ1v) is 6.48. The Morgan fingerprint density at radius 1 is 1.39 bits per heavy atom. The molecule has 0 saturated carbocycles. The number of aromatic nitrogens is 1. The van der Waals surface area contributed by atoms with Crippen molar-refractivity contribution in [1.29, 1.82) is 0 Å². The molecule has 0 spiro atoms. The maximum atomic E-state index is 11.5. The number of nitrogen functional groups attached to an aromatic ring is 1. The summed E-state index contributed by atoms with van der Waals surface area (Å²) in [5.41, 5.74) is 7.45. The van der Waals surface area contributed by atoms with Gasteiger partial charge in [-0.15, -0.1) is 11.3 Å². The minimum absolute atomic E-state index is 0.215. The smallest absolute Gasteiger partial charge is 0.311 e. The van der Waals surface area contributed by atoms with Gasteiger partial charge in [-0.05, 0) is 6.92 Å². The van der Waals surface area contributed by atoms with Crippen LogP contribution in [0.5, 0.6) is 0 Å². The summed E-state index contributed by atoms with van der Waals surface area (Å²) in [5.74, 6) is -0.252. The van der Waals surface area contributed by atoms with Gasteiger partial charge in [0.05, 0.1) is 18.7 Å².